The summed E-state index contributed by atoms with van der Waals surface area (Å²) >= 11 is 0. The van der Waals surface area contributed by atoms with E-state index in [-0.39, 0.29) is 28.4 Å². The zero-order valence-corrected chi connectivity index (χ0v) is 8.72. The second kappa shape index (κ2) is 3.44. The number of nitrogens with two attached hydrogens (primary N) is 1. The Morgan fingerprint density at radius 1 is 1.29 bits per heavy atom. The van der Waals surface area contributed by atoms with Crippen molar-refractivity contribution in [3.05, 3.63) is 11.5 Å². The highest BCUT2D eigenvalue weighted by Gasteiger charge is 2.37. The lowest BCUT2D eigenvalue weighted by Crippen LogP contribution is -2.33. The number of rotatable bonds is 1. The number of allylic oxidation sites excluding steroid dienone is 1. The molecule has 1 rings (SSSR count). The van der Waals surface area contributed by atoms with Gasteiger partial charge >= 0.3 is 0 Å². The molecule has 1 aliphatic carbocycles. The van der Waals surface area contributed by atoms with Crippen molar-refractivity contribution < 1.29 is 14.3 Å². The lowest BCUT2D eigenvalue weighted by atomic mass is 9.74. The molecule has 1 aliphatic rings. The maximum absolute atomic E-state index is 11.6. The number of carbonyl (C=O) groups is 2. The summed E-state index contributed by atoms with van der Waals surface area (Å²) < 4.78 is 4.71. The molecule has 4 nitrogen and oxygen atoms in total. The van der Waals surface area contributed by atoms with E-state index in [0.29, 0.717) is 12.8 Å². The van der Waals surface area contributed by atoms with Crippen LogP contribution < -0.4 is 5.73 Å². The first-order chi connectivity index (χ1) is 6.37. The summed E-state index contributed by atoms with van der Waals surface area (Å²) in [5.74, 6) is -0.494. The van der Waals surface area contributed by atoms with E-state index in [0.717, 1.165) is 0 Å². The summed E-state index contributed by atoms with van der Waals surface area (Å²) in [5, 5.41) is 0. The molecule has 0 aromatic heterocycles. The monoisotopic (exact) mass is 197 g/mol. The predicted octanol–water partition coefficient (Wildman–Crippen LogP) is 0.761. The molecule has 0 bridgehead atoms. The third kappa shape index (κ3) is 1.95. The average molecular weight is 197 g/mol. The van der Waals surface area contributed by atoms with Crippen LogP contribution in [0.5, 0.6) is 0 Å². The van der Waals surface area contributed by atoms with Crippen molar-refractivity contribution in [3.8, 4) is 0 Å². The van der Waals surface area contributed by atoms with Crippen molar-refractivity contribution in [2.75, 3.05) is 7.11 Å². The minimum absolute atomic E-state index is 0.0341. The number of Topliss-reactive ketones (excluding diaryl/α,β-unsaturated/α-hetero) is 2. The number of hydrogen-bond acceptors (Lipinski definition) is 4. The van der Waals surface area contributed by atoms with E-state index in [2.05, 4.69) is 0 Å². The van der Waals surface area contributed by atoms with Gasteiger partial charge in [0.05, 0.1) is 7.11 Å². The Morgan fingerprint density at radius 2 is 1.71 bits per heavy atom. The molecule has 4 heteroatoms. The summed E-state index contributed by atoms with van der Waals surface area (Å²) in [6.07, 6.45) is 0.691. The number of methoxy groups -OCH3 is 1. The molecule has 0 unspecified atom stereocenters. The fraction of sp³-hybridized carbons (Fsp3) is 0.600. The Morgan fingerprint density at radius 3 is 2.07 bits per heavy atom. The van der Waals surface area contributed by atoms with Crippen LogP contribution in [-0.4, -0.2) is 18.7 Å². The lowest BCUT2D eigenvalue weighted by Gasteiger charge is -2.28. The molecule has 0 aliphatic heterocycles. The second-order valence-electron chi connectivity index (χ2n) is 4.31. The van der Waals surface area contributed by atoms with Gasteiger partial charge in [-0.3, -0.25) is 9.59 Å². The fourth-order valence-electron chi connectivity index (χ4n) is 1.64. The molecule has 0 aromatic carbocycles. The van der Waals surface area contributed by atoms with Crippen LogP contribution in [0.1, 0.15) is 26.7 Å². The molecule has 0 radical (unpaired) electrons. The molecule has 0 heterocycles. The van der Waals surface area contributed by atoms with Gasteiger partial charge in [0, 0.05) is 12.8 Å². The van der Waals surface area contributed by atoms with Crippen LogP contribution in [0.15, 0.2) is 11.5 Å². The summed E-state index contributed by atoms with van der Waals surface area (Å²) in [6.45, 7) is 3.78. The van der Waals surface area contributed by atoms with Crippen molar-refractivity contribution in [1.29, 1.82) is 0 Å². The first kappa shape index (κ1) is 10.8. The van der Waals surface area contributed by atoms with E-state index < -0.39 is 0 Å². The van der Waals surface area contributed by atoms with Gasteiger partial charge in [-0.05, 0) is 5.41 Å². The molecule has 14 heavy (non-hydrogen) atoms. The first-order valence-electron chi connectivity index (χ1n) is 4.47. The topological polar surface area (TPSA) is 69.4 Å². The second-order valence-corrected chi connectivity index (χ2v) is 4.31. The Labute approximate surface area is 83.1 Å². The van der Waals surface area contributed by atoms with Crippen LogP contribution in [0, 0.1) is 5.41 Å². The van der Waals surface area contributed by atoms with Crippen LogP contribution in [-0.2, 0) is 14.3 Å². The molecular weight excluding hydrogens is 182 g/mol. The molecule has 1 saturated carbocycles. The normalized spacial score (nSPS) is 20.9. The SMILES string of the molecule is COC(N)=C1C(=O)CC(C)(C)CC1=O. The largest absolute Gasteiger partial charge is 0.482 e. The zero-order chi connectivity index (χ0) is 10.9. The Balaban J connectivity index is 3.04. The van der Waals surface area contributed by atoms with Crippen LogP contribution in [0.2, 0.25) is 0 Å². The summed E-state index contributed by atoms with van der Waals surface area (Å²) in [4.78, 5) is 23.2. The Kier molecular flexibility index (Phi) is 2.64. The number of ether oxygens (including phenoxy) is 1. The van der Waals surface area contributed by atoms with Gasteiger partial charge in [-0.1, -0.05) is 13.8 Å². The van der Waals surface area contributed by atoms with Gasteiger partial charge in [0.15, 0.2) is 17.4 Å². The van der Waals surface area contributed by atoms with E-state index in [9.17, 15) is 9.59 Å². The maximum atomic E-state index is 11.6. The summed E-state index contributed by atoms with van der Waals surface area (Å²) in [6, 6.07) is 0. The molecule has 0 amide bonds. The van der Waals surface area contributed by atoms with Crippen LogP contribution in [0.3, 0.4) is 0 Å². The quantitative estimate of drug-likeness (QED) is 0.383. The smallest absolute Gasteiger partial charge is 0.198 e. The highest BCUT2D eigenvalue weighted by molar-refractivity contribution is 6.22. The molecular formula is C10H15NO3. The van der Waals surface area contributed by atoms with Crippen molar-refractivity contribution in [2.45, 2.75) is 26.7 Å². The molecule has 1 fully saturated rings. The molecule has 0 atom stereocenters. The molecule has 0 spiro atoms. The van der Waals surface area contributed by atoms with Crippen LogP contribution in [0.4, 0.5) is 0 Å². The van der Waals surface area contributed by atoms with E-state index in [4.69, 9.17) is 10.5 Å². The minimum Gasteiger partial charge on any atom is -0.482 e. The standard InChI is InChI=1S/C10H15NO3/c1-10(2)4-6(12)8(7(13)5-10)9(11)14-3/h4-5,11H2,1-3H3. The number of ketones is 2. The summed E-state index contributed by atoms with van der Waals surface area (Å²) in [5.41, 5.74) is 5.21. The highest BCUT2D eigenvalue weighted by atomic mass is 16.5. The Hall–Kier alpha value is -1.32. The molecule has 0 aromatic rings. The van der Waals surface area contributed by atoms with E-state index >= 15 is 0 Å². The van der Waals surface area contributed by atoms with E-state index in [1.54, 1.807) is 0 Å². The van der Waals surface area contributed by atoms with Crippen molar-refractivity contribution >= 4 is 11.6 Å². The zero-order valence-electron chi connectivity index (χ0n) is 8.72. The van der Waals surface area contributed by atoms with Gasteiger partial charge in [-0.2, -0.15) is 0 Å². The van der Waals surface area contributed by atoms with Gasteiger partial charge in [-0.15, -0.1) is 0 Å². The average Bonchev–Trinajstić information content (AvgIpc) is 1.99. The maximum Gasteiger partial charge on any atom is 0.198 e. The third-order valence-electron chi connectivity index (χ3n) is 2.30. The fourth-order valence-corrected chi connectivity index (χ4v) is 1.64. The highest BCUT2D eigenvalue weighted by Crippen LogP contribution is 2.34. The first-order valence-corrected chi connectivity index (χ1v) is 4.47. The lowest BCUT2D eigenvalue weighted by molar-refractivity contribution is -0.127. The number of carbonyl (C=O) groups excluding carboxylic acids is 2. The van der Waals surface area contributed by atoms with Gasteiger partial charge in [0.1, 0.15) is 5.57 Å². The third-order valence-corrected chi connectivity index (χ3v) is 2.30. The van der Waals surface area contributed by atoms with E-state index in [1.807, 2.05) is 13.8 Å². The Bertz CT molecular complexity index is 293. The molecule has 0 saturated heterocycles. The van der Waals surface area contributed by atoms with E-state index in [1.165, 1.54) is 7.11 Å². The minimum atomic E-state index is -0.258. The van der Waals surface area contributed by atoms with Gasteiger partial charge in [0.2, 0.25) is 0 Å². The van der Waals surface area contributed by atoms with Crippen molar-refractivity contribution in [3.63, 3.8) is 0 Å². The predicted molar refractivity (Wildman–Crippen MR) is 51.3 cm³/mol. The van der Waals surface area contributed by atoms with Gasteiger partial charge in [-0.25, -0.2) is 0 Å². The van der Waals surface area contributed by atoms with Crippen LogP contribution >= 0.6 is 0 Å². The molecule has 78 valence electrons. The molecule has 2 N–H and O–H groups in total. The van der Waals surface area contributed by atoms with Gasteiger partial charge < -0.3 is 10.5 Å². The number of hydrogen-bond donors (Lipinski definition) is 1. The summed E-state index contributed by atoms with van der Waals surface area (Å²) in [7, 11) is 1.35. The van der Waals surface area contributed by atoms with Gasteiger partial charge in [0.25, 0.3) is 0 Å². The van der Waals surface area contributed by atoms with Crippen molar-refractivity contribution in [2.24, 2.45) is 11.1 Å². The van der Waals surface area contributed by atoms with Crippen molar-refractivity contribution in [1.82, 2.24) is 0 Å². The van der Waals surface area contributed by atoms with Crippen LogP contribution in [0.25, 0.3) is 0 Å².